The number of carbonyl (C=O) groups excluding carboxylic acids is 1. The van der Waals surface area contributed by atoms with Gasteiger partial charge in [0.25, 0.3) is 0 Å². The largest absolute Gasteiger partial charge is 0.373 e. The van der Waals surface area contributed by atoms with Crippen LogP contribution in [0.25, 0.3) is 0 Å². The zero-order valence-electron chi connectivity index (χ0n) is 16.0. The summed E-state index contributed by atoms with van der Waals surface area (Å²) in [5, 5.41) is 3.35. The van der Waals surface area contributed by atoms with Crippen LogP contribution in [0.15, 0.2) is 24.3 Å². The summed E-state index contributed by atoms with van der Waals surface area (Å²) in [4.78, 5) is 11.9. The fraction of sp³-hybridized carbons (Fsp3) is 0.682. The number of hydrogen-bond donors (Lipinski definition) is 1. The summed E-state index contributed by atoms with van der Waals surface area (Å²) in [6, 6.07) is 9.26. The lowest BCUT2D eigenvalue weighted by atomic mass is 9.59. The van der Waals surface area contributed by atoms with Crippen LogP contribution in [0, 0.1) is 22.7 Å². The Morgan fingerprint density at radius 1 is 1.28 bits per heavy atom. The van der Waals surface area contributed by atoms with Gasteiger partial charge in [0.05, 0.1) is 6.10 Å². The van der Waals surface area contributed by atoms with Crippen LogP contribution in [0.3, 0.4) is 0 Å². The molecule has 2 bridgehead atoms. The Kier molecular flexibility index (Phi) is 3.99. The molecule has 5 atom stereocenters. The number of nitrogens with one attached hydrogen (secondary N) is 1. The third kappa shape index (κ3) is 2.46. The molecular formula is C22H31NO2. The summed E-state index contributed by atoms with van der Waals surface area (Å²) in [7, 11) is 0. The second-order valence-electron chi connectivity index (χ2n) is 9.07. The van der Waals surface area contributed by atoms with Crippen molar-refractivity contribution >= 4 is 5.91 Å². The molecular weight excluding hydrogens is 310 g/mol. The van der Waals surface area contributed by atoms with Crippen LogP contribution >= 0.6 is 0 Å². The summed E-state index contributed by atoms with van der Waals surface area (Å²) in [6.07, 6.45) is 4.79. The topological polar surface area (TPSA) is 38.3 Å². The quantitative estimate of drug-likeness (QED) is 0.892. The molecule has 3 fully saturated rings. The average molecular weight is 341 g/mol. The van der Waals surface area contributed by atoms with Gasteiger partial charge in [0.1, 0.15) is 0 Å². The molecule has 1 saturated heterocycles. The number of ether oxygens (including phenoxy) is 1. The van der Waals surface area contributed by atoms with E-state index in [0.29, 0.717) is 11.8 Å². The Hall–Kier alpha value is -1.35. The van der Waals surface area contributed by atoms with Gasteiger partial charge in [-0.3, -0.25) is 4.79 Å². The van der Waals surface area contributed by atoms with Gasteiger partial charge in [-0.15, -0.1) is 0 Å². The van der Waals surface area contributed by atoms with Crippen LogP contribution in [0.5, 0.6) is 0 Å². The van der Waals surface area contributed by atoms with Crippen LogP contribution < -0.4 is 5.32 Å². The molecule has 1 heterocycles. The minimum Gasteiger partial charge on any atom is -0.373 e. The molecule has 3 heteroatoms. The lowest BCUT2D eigenvalue weighted by Gasteiger charge is -2.53. The van der Waals surface area contributed by atoms with Crippen LogP contribution in [0.1, 0.15) is 64.2 Å². The fourth-order valence-corrected chi connectivity index (χ4v) is 6.26. The highest BCUT2D eigenvalue weighted by Gasteiger charge is 2.68. The number of hydrogen-bond acceptors (Lipinski definition) is 2. The minimum absolute atomic E-state index is 0.106. The summed E-state index contributed by atoms with van der Waals surface area (Å²) >= 11 is 0. The lowest BCUT2D eigenvalue weighted by Crippen LogP contribution is -2.58. The van der Waals surface area contributed by atoms with Crippen molar-refractivity contribution in [2.24, 2.45) is 22.7 Å². The van der Waals surface area contributed by atoms with E-state index in [-0.39, 0.29) is 28.9 Å². The lowest BCUT2D eigenvalue weighted by molar-refractivity contribution is -0.135. The molecule has 2 aliphatic carbocycles. The minimum atomic E-state index is 0.106. The molecule has 1 aliphatic heterocycles. The van der Waals surface area contributed by atoms with E-state index < -0.39 is 0 Å². The molecule has 1 aromatic rings. The fourth-order valence-electron chi connectivity index (χ4n) is 6.26. The van der Waals surface area contributed by atoms with E-state index in [9.17, 15) is 4.79 Å². The van der Waals surface area contributed by atoms with Gasteiger partial charge in [0, 0.05) is 19.6 Å². The third-order valence-electron chi connectivity index (χ3n) is 7.57. The first-order chi connectivity index (χ1) is 11.9. The number of carbonyl (C=O) groups is 1. The van der Waals surface area contributed by atoms with Gasteiger partial charge in [-0.05, 0) is 59.5 Å². The SMILES string of the molecule is CCc1ccc([C@H]2OCC[C@@]34C[C@@H](C[C@H]23)C(C)(C)[C@@H]4NC(C)=O)cc1. The first-order valence-corrected chi connectivity index (χ1v) is 9.86. The maximum Gasteiger partial charge on any atom is 0.217 e. The highest BCUT2D eigenvalue weighted by atomic mass is 16.5. The molecule has 1 N–H and O–H groups in total. The maximum absolute atomic E-state index is 11.9. The number of aryl methyl sites for hydroxylation is 1. The van der Waals surface area contributed by atoms with Crippen molar-refractivity contribution in [1.29, 1.82) is 0 Å². The molecule has 0 aromatic heterocycles. The second-order valence-corrected chi connectivity index (χ2v) is 9.07. The summed E-state index contributed by atoms with van der Waals surface area (Å²) in [5.41, 5.74) is 3.06. The molecule has 3 aliphatic rings. The Morgan fingerprint density at radius 3 is 2.64 bits per heavy atom. The average Bonchev–Trinajstić information content (AvgIpc) is 3.07. The van der Waals surface area contributed by atoms with E-state index >= 15 is 0 Å². The summed E-state index contributed by atoms with van der Waals surface area (Å²) in [6.45, 7) is 9.36. The van der Waals surface area contributed by atoms with Crippen LogP contribution in [-0.4, -0.2) is 18.6 Å². The Balaban J connectivity index is 1.68. The molecule has 2 saturated carbocycles. The molecule has 1 amide bonds. The zero-order chi connectivity index (χ0) is 17.8. The number of fused-ring (bicyclic) bond motifs is 1. The van der Waals surface area contributed by atoms with E-state index in [2.05, 4.69) is 50.4 Å². The smallest absolute Gasteiger partial charge is 0.217 e. The van der Waals surface area contributed by atoms with Gasteiger partial charge in [-0.25, -0.2) is 0 Å². The van der Waals surface area contributed by atoms with E-state index in [1.807, 2.05) is 0 Å². The number of benzene rings is 1. The van der Waals surface area contributed by atoms with Crippen molar-refractivity contribution in [2.45, 2.75) is 65.5 Å². The Morgan fingerprint density at radius 2 is 2.00 bits per heavy atom. The van der Waals surface area contributed by atoms with E-state index in [1.54, 1.807) is 6.92 Å². The standard InChI is InChI=1S/C22H31NO2/c1-5-15-6-8-16(9-7-15)19-18-12-17-13-22(18,10-11-25-19)20(21(17,3)4)23-14(2)24/h6-9,17-20H,5,10-13H2,1-4H3,(H,23,24)/t17-,18-,19-,20+,22-/m1/s1. The molecule has 25 heavy (non-hydrogen) atoms. The van der Waals surface area contributed by atoms with Gasteiger partial charge < -0.3 is 10.1 Å². The first-order valence-electron chi connectivity index (χ1n) is 9.86. The molecule has 3 nitrogen and oxygen atoms in total. The van der Waals surface area contributed by atoms with E-state index in [0.717, 1.165) is 19.4 Å². The van der Waals surface area contributed by atoms with Crippen molar-refractivity contribution in [3.63, 3.8) is 0 Å². The third-order valence-corrected chi connectivity index (χ3v) is 7.57. The number of amides is 1. The van der Waals surface area contributed by atoms with Gasteiger partial charge in [-0.2, -0.15) is 0 Å². The normalized spacial score (nSPS) is 38.4. The van der Waals surface area contributed by atoms with Gasteiger partial charge in [0.2, 0.25) is 5.91 Å². The van der Waals surface area contributed by atoms with Crippen molar-refractivity contribution in [1.82, 2.24) is 5.32 Å². The predicted molar refractivity (Wildman–Crippen MR) is 99.2 cm³/mol. The van der Waals surface area contributed by atoms with Crippen molar-refractivity contribution in [3.8, 4) is 0 Å². The molecule has 136 valence electrons. The highest BCUT2D eigenvalue weighted by molar-refractivity contribution is 5.73. The summed E-state index contributed by atoms with van der Waals surface area (Å²) < 4.78 is 6.31. The molecule has 4 rings (SSSR count). The highest BCUT2D eigenvalue weighted by Crippen LogP contribution is 2.70. The van der Waals surface area contributed by atoms with Gasteiger partial charge in [0.15, 0.2) is 0 Å². The summed E-state index contributed by atoms with van der Waals surface area (Å²) in [5.74, 6) is 1.30. The van der Waals surface area contributed by atoms with E-state index in [4.69, 9.17) is 4.74 Å². The van der Waals surface area contributed by atoms with Gasteiger partial charge in [-0.1, -0.05) is 45.0 Å². The number of rotatable bonds is 3. The Bertz CT molecular complexity index is 665. The first kappa shape index (κ1) is 17.1. The van der Waals surface area contributed by atoms with Crippen molar-refractivity contribution in [2.75, 3.05) is 6.61 Å². The molecule has 0 unspecified atom stereocenters. The van der Waals surface area contributed by atoms with Crippen LogP contribution in [0.2, 0.25) is 0 Å². The zero-order valence-corrected chi connectivity index (χ0v) is 16.0. The molecule has 1 spiro atoms. The van der Waals surface area contributed by atoms with Crippen molar-refractivity contribution in [3.05, 3.63) is 35.4 Å². The second kappa shape index (κ2) is 5.84. The maximum atomic E-state index is 11.9. The van der Waals surface area contributed by atoms with Crippen LogP contribution in [-0.2, 0) is 16.0 Å². The predicted octanol–water partition coefficient (Wildman–Crippen LogP) is 4.27. The molecule has 0 radical (unpaired) electrons. The van der Waals surface area contributed by atoms with Crippen LogP contribution in [0.4, 0.5) is 0 Å². The van der Waals surface area contributed by atoms with E-state index in [1.165, 1.54) is 24.0 Å². The molecule has 1 aromatic carbocycles. The Labute approximate surface area is 151 Å². The van der Waals surface area contributed by atoms with Gasteiger partial charge >= 0.3 is 0 Å². The van der Waals surface area contributed by atoms with Crippen molar-refractivity contribution < 1.29 is 9.53 Å². The monoisotopic (exact) mass is 341 g/mol.